The Morgan fingerprint density at radius 3 is 2.73 bits per heavy atom. The summed E-state index contributed by atoms with van der Waals surface area (Å²) in [7, 11) is 0. The van der Waals surface area contributed by atoms with Crippen molar-refractivity contribution in [2.45, 2.75) is 32.7 Å². The first-order valence-corrected chi connectivity index (χ1v) is 12.3. The maximum Gasteiger partial charge on any atom is 0.227 e. The molecule has 33 heavy (non-hydrogen) atoms. The first-order chi connectivity index (χ1) is 15.9. The predicted octanol–water partition coefficient (Wildman–Crippen LogP) is 3.59. The lowest BCUT2D eigenvalue weighted by Gasteiger charge is -2.46. The minimum Gasteiger partial charge on any atom is -0.395 e. The van der Waals surface area contributed by atoms with Gasteiger partial charge in [-0.3, -0.25) is 0 Å². The van der Waals surface area contributed by atoms with Crippen LogP contribution in [0.3, 0.4) is 0 Å². The lowest BCUT2D eigenvalue weighted by Crippen LogP contribution is -2.54. The maximum absolute atomic E-state index is 9.27. The zero-order chi connectivity index (χ0) is 23.1. The standard InChI is InChI=1S/C23H29Cl2N7O/c1-14-21-22(32(29-28-21)15(2)19-6-5-18(24)10-20(19)25)27-23(26-14)31-12-17(13-31)16-4-3-7-30(11-16)8-9-33/h5-6,10,15-17,33H,3-4,7-9,11-13H2,1-2H3/t15-,16+/m1/s1. The van der Waals surface area contributed by atoms with E-state index in [9.17, 15) is 5.11 Å². The molecule has 0 amide bonds. The number of aromatic nitrogens is 5. The van der Waals surface area contributed by atoms with E-state index in [1.54, 1.807) is 6.07 Å². The highest BCUT2D eigenvalue weighted by Crippen LogP contribution is 2.34. The Bertz CT molecular complexity index is 1150. The fourth-order valence-corrected chi connectivity index (χ4v) is 5.68. The number of likely N-dealkylation sites (tertiary alicyclic amines) is 1. The third kappa shape index (κ3) is 4.41. The van der Waals surface area contributed by atoms with Gasteiger partial charge in [-0.15, -0.1) is 5.10 Å². The number of β-amino-alcohol motifs (C(OH)–C–C–N with tert-alkyl or cyclic N) is 1. The SMILES string of the molecule is Cc1nc(N2CC([C@H]3CCCN(CCO)C3)C2)nc2c1nnn2[C@H](C)c1ccc(Cl)cc1Cl. The van der Waals surface area contributed by atoms with Crippen LogP contribution < -0.4 is 4.90 Å². The van der Waals surface area contributed by atoms with E-state index in [0.29, 0.717) is 33.0 Å². The predicted molar refractivity (Wildman–Crippen MR) is 130 cm³/mol. The van der Waals surface area contributed by atoms with Crippen molar-refractivity contribution in [1.29, 1.82) is 0 Å². The Labute approximate surface area is 203 Å². The number of rotatable bonds is 6. The van der Waals surface area contributed by atoms with Crippen LogP contribution in [-0.4, -0.2) is 74.3 Å². The Kier molecular flexibility index (Phi) is 6.44. The molecule has 2 saturated heterocycles. The highest BCUT2D eigenvalue weighted by atomic mass is 35.5. The summed E-state index contributed by atoms with van der Waals surface area (Å²) in [4.78, 5) is 14.2. The van der Waals surface area contributed by atoms with Crippen molar-refractivity contribution in [3.63, 3.8) is 0 Å². The molecule has 2 atom stereocenters. The molecular formula is C23H29Cl2N7O. The Balaban J connectivity index is 1.35. The van der Waals surface area contributed by atoms with Gasteiger partial charge in [0.2, 0.25) is 5.95 Å². The molecule has 0 spiro atoms. The molecule has 4 heterocycles. The molecule has 0 aliphatic carbocycles. The third-order valence-corrected chi connectivity index (χ3v) is 7.65. The van der Waals surface area contributed by atoms with Gasteiger partial charge in [-0.05, 0) is 62.8 Å². The molecular weight excluding hydrogens is 461 g/mol. The van der Waals surface area contributed by atoms with Gasteiger partial charge in [0.1, 0.15) is 0 Å². The molecule has 3 aromatic rings. The fourth-order valence-electron chi connectivity index (χ4n) is 5.12. The number of aliphatic hydroxyl groups excluding tert-OH is 1. The first-order valence-electron chi connectivity index (χ1n) is 11.6. The van der Waals surface area contributed by atoms with Crippen molar-refractivity contribution < 1.29 is 5.11 Å². The summed E-state index contributed by atoms with van der Waals surface area (Å²) < 4.78 is 1.81. The molecule has 0 radical (unpaired) electrons. The summed E-state index contributed by atoms with van der Waals surface area (Å²) >= 11 is 12.5. The molecule has 1 N–H and O–H groups in total. The fraction of sp³-hybridized carbons (Fsp3) is 0.565. The van der Waals surface area contributed by atoms with Crippen LogP contribution in [0.25, 0.3) is 11.2 Å². The van der Waals surface area contributed by atoms with Crippen molar-refractivity contribution in [3.8, 4) is 0 Å². The summed E-state index contributed by atoms with van der Waals surface area (Å²) in [6.07, 6.45) is 2.47. The van der Waals surface area contributed by atoms with Crippen LogP contribution in [0.15, 0.2) is 18.2 Å². The summed E-state index contributed by atoms with van der Waals surface area (Å²) in [5, 5.41) is 19.2. The summed E-state index contributed by atoms with van der Waals surface area (Å²) in [6.45, 7) is 9.09. The molecule has 10 heteroatoms. The molecule has 176 valence electrons. The van der Waals surface area contributed by atoms with Crippen LogP contribution in [0.4, 0.5) is 5.95 Å². The van der Waals surface area contributed by atoms with Crippen LogP contribution in [0.2, 0.25) is 10.0 Å². The summed E-state index contributed by atoms with van der Waals surface area (Å²) in [5.41, 5.74) is 3.16. The second-order valence-corrected chi connectivity index (χ2v) is 10.1. The van der Waals surface area contributed by atoms with Gasteiger partial charge in [0.05, 0.1) is 18.3 Å². The van der Waals surface area contributed by atoms with E-state index < -0.39 is 0 Å². The van der Waals surface area contributed by atoms with Gasteiger partial charge < -0.3 is 14.9 Å². The maximum atomic E-state index is 9.27. The zero-order valence-electron chi connectivity index (χ0n) is 19.0. The molecule has 5 rings (SSSR count). The van der Waals surface area contributed by atoms with Crippen molar-refractivity contribution in [2.75, 3.05) is 44.2 Å². The smallest absolute Gasteiger partial charge is 0.227 e. The van der Waals surface area contributed by atoms with Crippen molar-refractivity contribution in [2.24, 2.45) is 11.8 Å². The quantitative estimate of drug-likeness (QED) is 0.566. The lowest BCUT2D eigenvalue weighted by molar-refractivity contribution is 0.101. The number of piperidine rings is 1. The number of benzene rings is 1. The molecule has 2 aliphatic heterocycles. The van der Waals surface area contributed by atoms with Crippen molar-refractivity contribution >= 4 is 40.3 Å². The molecule has 0 bridgehead atoms. The zero-order valence-corrected chi connectivity index (χ0v) is 20.5. The van der Waals surface area contributed by atoms with Crippen LogP contribution in [0.5, 0.6) is 0 Å². The van der Waals surface area contributed by atoms with Gasteiger partial charge in [-0.25, -0.2) is 9.67 Å². The number of hydrogen-bond donors (Lipinski definition) is 1. The minimum absolute atomic E-state index is 0.147. The van der Waals surface area contributed by atoms with Crippen molar-refractivity contribution in [1.82, 2.24) is 29.9 Å². The van der Waals surface area contributed by atoms with Crippen molar-refractivity contribution in [3.05, 3.63) is 39.5 Å². The van der Waals surface area contributed by atoms with E-state index >= 15 is 0 Å². The number of aliphatic hydroxyl groups is 1. The Morgan fingerprint density at radius 2 is 1.97 bits per heavy atom. The first kappa shape index (κ1) is 22.8. The van der Waals surface area contributed by atoms with E-state index in [1.807, 2.05) is 30.7 Å². The molecule has 2 fully saturated rings. The summed E-state index contributed by atoms with van der Waals surface area (Å²) in [5.74, 6) is 2.05. The van der Waals surface area contributed by atoms with Crippen LogP contribution in [0, 0.1) is 18.8 Å². The number of halogens is 2. The Morgan fingerprint density at radius 1 is 1.15 bits per heavy atom. The van der Waals surface area contributed by atoms with Crippen LogP contribution in [0.1, 0.15) is 37.1 Å². The van der Waals surface area contributed by atoms with Gasteiger partial charge in [0.25, 0.3) is 0 Å². The molecule has 2 aromatic heterocycles. The normalized spacial score (nSPS) is 20.9. The largest absolute Gasteiger partial charge is 0.395 e. The van der Waals surface area contributed by atoms with Gasteiger partial charge in [-0.2, -0.15) is 4.98 Å². The minimum atomic E-state index is -0.147. The highest BCUT2D eigenvalue weighted by molar-refractivity contribution is 6.35. The molecule has 2 aliphatic rings. The number of hydrogen-bond acceptors (Lipinski definition) is 7. The lowest BCUT2D eigenvalue weighted by atomic mass is 9.81. The second-order valence-electron chi connectivity index (χ2n) is 9.25. The number of aryl methyl sites for hydroxylation is 1. The van der Waals surface area contributed by atoms with Crippen LogP contribution >= 0.6 is 23.2 Å². The van der Waals surface area contributed by atoms with Gasteiger partial charge in [0.15, 0.2) is 11.2 Å². The molecule has 0 unspecified atom stereocenters. The average molecular weight is 490 g/mol. The summed E-state index contributed by atoms with van der Waals surface area (Å²) in [6, 6.07) is 5.34. The van der Waals surface area contributed by atoms with Gasteiger partial charge in [-0.1, -0.05) is 34.5 Å². The second kappa shape index (κ2) is 9.33. The van der Waals surface area contributed by atoms with Gasteiger partial charge in [0, 0.05) is 36.2 Å². The molecule has 1 aromatic carbocycles. The van der Waals surface area contributed by atoms with E-state index in [-0.39, 0.29) is 12.6 Å². The van der Waals surface area contributed by atoms with Crippen LogP contribution in [-0.2, 0) is 0 Å². The van der Waals surface area contributed by atoms with E-state index in [4.69, 9.17) is 33.2 Å². The average Bonchev–Trinajstić information content (AvgIpc) is 3.17. The molecule has 0 saturated carbocycles. The van der Waals surface area contributed by atoms with E-state index in [0.717, 1.165) is 49.9 Å². The monoisotopic (exact) mass is 489 g/mol. The third-order valence-electron chi connectivity index (χ3n) is 7.08. The number of fused-ring (bicyclic) bond motifs is 1. The Hall–Kier alpha value is -2.00. The number of nitrogens with zero attached hydrogens (tertiary/aromatic N) is 7. The van der Waals surface area contributed by atoms with E-state index in [2.05, 4.69) is 20.1 Å². The number of anilines is 1. The van der Waals surface area contributed by atoms with Gasteiger partial charge >= 0.3 is 0 Å². The van der Waals surface area contributed by atoms with E-state index in [1.165, 1.54) is 12.8 Å². The molecule has 8 nitrogen and oxygen atoms in total. The highest BCUT2D eigenvalue weighted by Gasteiger charge is 2.37. The topological polar surface area (TPSA) is 83.2 Å².